The molecule has 23 heavy (non-hydrogen) atoms. The highest BCUT2D eigenvalue weighted by atomic mass is 16.2. The molecule has 2 rings (SSSR count). The van der Waals surface area contributed by atoms with Crippen molar-refractivity contribution in [3.05, 3.63) is 30.1 Å². The molecule has 0 spiro atoms. The molecule has 1 N–H and O–H groups in total. The zero-order valence-corrected chi connectivity index (χ0v) is 15.5. The van der Waals surface area contributed by atoms with Crippen molar-refractivity contribution in [3.8, 4) is 0 Å². The summed E-state index contributed by atoms with van der Waals surface area (Å²) in [4.78, 5) is 17.5. The Morgan fingerprint density at radius 3 is 2.26 bits per heavy atom. The topological polar surface area (TPSA) is 42.0 Å². The summed E-state index contributed by atoms with van der Waals surface area (Å²) in [5.41, 5.74) is 0.871. The summed E-state index contributed by atoms with van der Waals surface area (Å²) in [5, 5.41) is 3.32. The fourth-order valence-corrected chi connectivity index (χ4v) is 4.26. The van der Waals surface area contributed by atoms with E-state index in [0.29, 0.717) is 11.8 Å². The smallest absolute Gasteiger partial charge is 0.224 e. The third-order valence-corrected chi connectivity index (χ3v) is 5.21. The zero-order chi connectivity index (χ0) is 17.2. The molecule has 1 aromatic rings. The van der Waals surface area contributed by atoms with Gasteiger partial charge in [0.25, 0.3) is 0 Å². The molecular formula is C20H32N2O. The monoisotopic (exact) mass is 316 g/mol. The van der Waals surface area contributed by atoms with Crippen molar-refractivity contribution in [1.82, 2.24) is 10.3 Å². The van der Waals surface area contributed by atoms with Gasteiger partial charge in [0.15, 0.2) is 0 Å². The first kappa shape index (κ1) is 18.0. The largest absolute Gasteiger partial charge is 0.347 e. The van der Waals surface area contributed by atoms with Gasteiger partial charge < -0.3 is 5.32 Å². The lowest BCUT2D eigenvalue weighted by Crippen LogP contribution is -2.45. The van der Waals surface area contributed by atoms with Crippen molar-refractivity contribution < 1.29 is 4.79 Å². The second-order valence-corrected chi connectivity index (χ2v) is 8.62. The molecule has 1 aliphatic rings. The van der Waals surface area contributed by atoms with Crippen LogP contribution in [0.2, 0.25) is 0 Å². The lowest BCUT2D eigenvalue weighted by Gasteiger charge is -2.39. The molecular weight excluding hydrogens is 284 g/mol. The molecule has 1 amide bonds. The minimum Gasteiger partial charge on any atom is -0.347 e. The molecule has 1 saturated carbocycles. The van der Waals surface area contributed by atoms with Crippen LogP contribution < -0.4 is 5.32 Å². The Bertz CT molecular complexity index is 508. The second kappa shape index (κ2) is 7.02. The van der Waals surface area contributed by atoms with E-state index < -0.39 is 0 Å². The second-order valence-electron chi connectivity index (χ2n) is 8.62. The van der Waals surface area contributed by atoms with E-state index in [1.54, 1.807) is 6.20 Å². The summed E-state index contributed by atoms with van der Waals surface area (Å²) >= 11 is 0. The molecule has 1 heterocycles. The van der Waals surface area contributed by atoms with Crippen molar-refractivity contribution >= 4 is 5.91 Å². The fraction of sp³-hybridized carbons (Fsp3) is 0.700. The van der Waals surface area contributed by atoms with E-state index in [1.807, 2.05) is 18.2 Å². The third kappa shape index (κ3) is 4.33. The number of hydrogen-bond acceptors (Lipinski definition) is 2. The summed E-state index contributed by atoms with van der Waals surface area (Å²) in [7, 11) is 0. The maximum atomic E-state index is 13.0. The fourth-order valence-electron chi connectivity index (χ4n) is 4.26. The molecule has 0 bridgehead atoms. The first-order valence-electron chi connectivity index (χ1n) is 8.91. The molecule has 1 aromatic heterocycles. The van der Waals surface area contributed by atoms with Gasteiger partial charge in [-0.05, 0) is 48.1 Å². The van der Waals surface area contributed by atoms with Gasteiger partial charge in [0.2, 0.25) is 5.91 Å². The SMILES string of the molecule is CC1C[C@@H](C)C(C(=O)N[C@@H](c2ccccn2)C(C)(C)C)[C@@H](C)C1. The van der Waals surface area contributed by atoms with E-state index in [9.17, 15) is 4.79 Å². The Hall–Kier alpha value is -1.38. The lowest BCUT2D eigenvalue weighted by atomic mass is 9.69. The van der Waals surface area contributed by atoms with Crippen LogP contribution in [0.15, 0.2) is 24.4 Å². The molecule has 128 valence electrons. The number of nitrogens with one attached hydrogen (secondary N) is 1. The lowest BCUT2D eigenvalue weighted by molar-refractivity contribution is -0.131. The highest BCUT2D eigenvalue weighted by Gasteiger charge is 2.38. The molecule has 5 atom stereocenters. The number of hydrogen-bond donors (Lipinski definition) is 1. The van der Waals surface area contributed by atoms with E-state index in [-0.39, 0.29) is 23.3 Å². The summed E-state index contributed by atoms with van der Waals surface area (Å²) in [5.74, 6) is 1.91. The van der Waals surface area contributed by atoms with Gasteiger partial charge in [-0.25, -0.2) is 0 Å². The quantitative estimate of drug-likeness (QED) is 0.885. The molecule has 3 heteroatoms. The zero-order valence-electron chi connectivity index (χ0n) is 15.5. The normalized spacial score (nSPS) is 29.8. The first-order valence-corrected chi connectivity index (χ1v) is 8.91. The number of amides is 1. The number of carbonyl (C=O) groups is 1. The van der Waals surface area contributed by atoms with Gasteiger partial charge in [0.05, 0.1) is 11.7 Å². The highest BCUT2D eigenvalue weighted by molar-refractivity contribution is 5.79. The van der Waals surface area contributed by atoms with Crippen LogP contribution in [-0.2, 0) is 4.79 Å². The Morgan fingerprint density at radius 1 is 1.17 bits per heavy atom. The maximum Gasteiger partial charge on any atom is 0.224 e. The van der Waals surface area contributed by atoms with Crippen molar-refractivity contribution in [3.63, 3.8) is 0 Å². The van der Waals surface area contributed by atoms with Crippen molar-refractivity contribution in [1.29, 1.82) is 0 Å². The average molecular weight is 316 g/mol. The molecule has 0 radical (unpaired) electrons. The van der Waals surface area contributed by atoms with Crippen LogP contribution in [-0.4, -0.2) is 10.9 Å². The predicted octanol–water partition coefficient (Wildman–Crippen LogP) is 4.60. The van der Waals surface area contributed by atoms with Gasteiger partial charge in [-0.1, -0.05) is 47.6 Å². The van der Waals surface area contributed by atoms with Gasteiger partial charge in [0.1, 0.15) is 0 Å². The average Bonchev–Trinajstić information content (AvgIpc) is 2.43. The summed E-state index contributed by atoms with van der Waals surface area (Å²) in [6.07, 6.45) is 4.09. The van der Waals surface area contributed by atoms with Gasteiger partial charge in [-0.2, -0.15) is 0 Å². The molecule has 1 fully saturated rings. The van der Waals surface area contributed by atoms with Gasteiger partial charge >= 0.3 is 0 Å². The Morgan fingerprint density at radius 2 is 1.78 bits per heavy atom. The maximum absolute atomic E-state index is 13.0. The Balaban J connectivity index is 2.18. The van der Waals surface area contributed by atoms with Crippen molar-refractivity contribution in [2.45, 2.75) is 60.4 Å². The molecule has 2 unspecified atom stereocenters. The molecule has 0 aromatic carbocycles. The number of aromatic nitrogens is 1. The van der Waals surface area contributed by atoms with E-state index in [1.165, 1.54) is 0 Å². The van der Waals surface area contributed by atoms with Crippen LogP contribution in [0.1, 0.15) is 66.1 Å². The van der Waals surface area contributed by atoms with Crippen molar-refractivity contribution in [2.24, 2.45) is 29.1 Å². The van der Waals surface area contributed by atoms with E-state index in [0.717, 1.165) is 24.5 Å². The van der Waals surface area contributed by atoms with Crippen LogP contribution in [0.5, 0.6) is 0 Å². The molecule has 3 nitrogen and oxygen atoms in total. The number of rotatable bonds is 3. The molecule has 1 aliphatic carbocycles. The summed E-state index contributed by atoms with van der Waals surface area (Å²) in [6, 6.07) is 5.85. The Labute approximate surface area is 141 Å². The minimum absolute atomic E-state index is 0.0602. The number of pyridine rings is 1. The standard InChI is InChI=1S/C20H32N2O/c1-13-11-14(2)17(15(3)12-13)19(23)22-18(20(4,5)6)16-9-7-8-10-21-16/h7-10,13-15,17-18H,11-12H2,1-6H3,(H,22,23)/t13?,14-,15+,17?,18-/m0/s1. The summed E-state index contributed by atoms with van der Waals surface area (Å²) < 4.78 is 0. The van der Waals surface area contributed by atoms with Crippen LogP contribution in [0.3, 0.4) is 0 Å². The van der Waals surface area contributed by atoms with Gasteiger partial charge in [0, 0.05) is 12.1 Å². The number of carbonyl (C=O) groups excluding carboxylic acids is 1. The van der Waals surface area contributed by atoms with Crippen molar-refractivity contribution in [2.75, 3.05) is 0 Å². The van der Waals surface area contributed by atoms with Crippen LogP contribution in [0.25, 0.3) is 0 Å². The van der Waals surface area contributed by atoms with Crippen LogP contribution in [0.4, 0.5) is 0 Å². The van der Waals surface area contributed by atoms with E-state index in [4.69, 9.17) is 0 Å². The van der Waals surface area contributed by atoms with E-state index >= 15 is 0 Å². The Kier molecular flexibility index (Phi) is 5.49. The predicted molar refractivity (Wildman–Crippen MR) is 94.8 cm³/mol. The van der Waals surface area contributed by atoms with Crippen LogP contribution >= 0.6 is 0 Å². The van der Waals surface area contributed by atoms with Crippen LogP contribution in [0, 0.1) is 29.1 Å². The first-order chi connectivity index (χ1) is 10.7. The highest BCUT2D eigenvalue weighted by Crippen LogP contribution is 2.39. The van der Waals surface area contributed by atoms with Gasteiger partial charge in [-0.3, -0.25) is 9.78 Å². The number of nitrogens with zero attached hydrogens (tertiary/aromatic N) is 1. The van der Waals surface area contributed by atoms with E-state index in [2.05, 4.69) is 51.8 Å². The van der Waals surface area contributed by atoms with Gasteiger partial charge in [-0.15, -0.1) is 0 Å². The molecule has 0 saturated heterocycles. The third-order valence-electron chi connectivity index (χ3n) is 5.21. The summed E-state index contributed by atoms with van der Waals surface area (Å²) in [6.45, 7) is 13.2. The minimum atomic E-state index is -0.0710. The molecule has 0 aliphatic heterocycles.